The van der Waals surface area contributed by atoms with Crippen LogP contribution in [0.5, 0.6) is 0 Å². The molecule has 0 saturated heterocycles. The maximum atomic E-state index is 2.48. The zero-order valence-electron chi connectivity index (χ0n) is 48.4. The van der Waals surface area contributed by atoms with Crippen LogP contribution in [0.3, 0.4) is 0 Å². The number of para-hydroxylation sites is 2. The lowest BCUT2D eigenvalue weighted by atomic mass is 9.86. The van der Waals surface area contributed by atoms with Crippen molar-refractivity contribution in [2.45, 2.75) is 40.5 Å². The van der Waals surface area contributed by atoms with Gasteiger partial charge in [-0.3, -0.25) is 0 Å². The van der Waals surface area contributed by atoms with Crippen molar-refractivity contribution in [2.75, 3.05) is 0 Å². The predicted molar refractivity (Wildman–Crippen MR) is 363 cm³/mol. The first-order chi connectivity index (χ1) is 41.8. The van der Waals surface area contributed by atoms with E-state index >= 15 is 0 Å². The summed E-state index contributed by atoms with van der Waals surface area (Å²) in [5, 5.41) is 12.5. The van der Waals surface area contributed by atoms with Gasteiger partial charge in [0.05, 0.1) is 33.1 Å². The first kappa shape index (κ1) is 50.5. The normalized spacial score (nSPS) is 12.1. The summed E-state index contributed by atoms with van der Waals surface area (Å²) in [6.07, 6.45) is 2.10. The fourth-order valence-corrected chi connectivity index (χ4v) is 14.2. The first-order valence-corrected chi connectivity index (χ1v) is 30.2. The Morgan fingerprint density at radius 2 is 0.529 bits per heavy atom. The van der Waals surface area contributed by atoms with Crippen LogP contribution in [-0.2, 0) is 12.8 Å². The smallest absolute Gasteiger partial charge is 0.0541 e. The molecule has 85 heavy (non-hydrogen) atoms. The summed E-state index contributed by atoms with van der Waals surface area (Å²) in [6.45, 7) is 9.19. The van der Waals surface area contributed by atoms with E-state index in [1.165, 1.54) is 154 Å². The van der Waals surface area contributed by atoms with Crippen molar-refractivity contribution in [1.82, 2.24) is 13.7 Å². The van der Waals surface area contributed by atoms with Gasteiger partial charge in [-0.15, -0.1) is 0 Å². The molecule has 16 aromatic rings. The Kier molecular flexibility index (Phi) is 12.1. The third-order valence-electron chi connectivity index (χ3n) is 17.8. The van der Waals surface area contributed by atoms with Gasteiger partial charge in [0.1, 0.15) is 0 Å². The van der Waals surface area contributed by atoms with Crippen molar-refractivity contribution >= 4 is 87.0 Å². The SMILES string of the molecule is CC(C)Cc1cccc(-n2c3ccccc3c3cc(-c4ccc5c(c4)c4cc(-c6ccc7c(c6)c6ccccc6n7-c6cccc(CC(C)C)c6)ccc4n5-c4ccc(-c5c6ccccc6c(-c6ccccc6)c6ccccc56)cc4)ccc32)c1. The van der Waals surface area contributed by atoms with Crippen molar-refractivity contribution in [3.63, 3.8) is 0 Å². The highest BCUT2D eigenvalue weighted by Gasteiger charge is 2.21. The van der Waals surface area contributed by atoms with Crippen LogP contribution < -0.4 is 0 Å². The van der Waals surface area contributed by atoms with Crippen LogP contribution in [0.1, 0.15) is 38.8 Å². The van der Waals surface area contributed by atoms with E-state index in [2.05, 4.69) is 314 Å². The number of hydrogen-bond acceptors (Lipinski definition) is 0. The third-order valence-corrected chi connectivity index (χ3v) is 17.8. The maximum Gasteiger partial charge on any atom is 0.0541 e. The molecule has 0 fully saturated rings. The van der Waals surface area contributed by atoms with Gasteiger partial charge in [-0.05, 0) is 199 Å². The molecule has 3 heteroatoms. The monoisotopic (exact) mass is 1090 g/mol. The van der Waals surface area contributed by atoms with Crippen LogP contribution in [0.15, 0.2) is 273 Å². The largest absolute Gasteiger partial charge is 0.309 e. The molecule has 3 aromatic heterocycles. The van der Waals surface area contributed by atoms with Gasteiger partial charge in [0.25, 0.3) is 0 Å². The summed E-state index contributed by atoms with van der Waals surface area (Å²) in [4.78, 5) is 0. The fourth-order valence-electron chi connectivity index (χ4n) is 14.2. The highest BCUT2D eigenvalue weighted by molar-refractivity contribution is 6.22. The highest BCUT2D eigenvalue weighted by atomic mass is 15.0. The lowest BCUT2D eigenvalue weighted by Gasteiger charge is -2.18. The molecule has 0 bridgehead atoms. The first-order valence-electron chi connectivity index (χ1n) is 30.2. The van der Waals surface area contributed by atoms with E-state index in [9.17, 15) is 0 Å². The average molecular weight is 1090 g/mol. The molecule has 13 aromatic carbocycles. The number of rotatable bonds is 11. The summed E-state index contributed by atoms with van der Waals surface area (Å²) in [6, 6.07) is 102. The quantitative estimate of drug-likeness (QED) is 0.115. The van der Waals surface area contributed by atoms with Crippen molar-refractivity contribution in [3.8, 4) is 61.6 Å². The van der Waals surface area contributed by atoms with Crippen LogP contribution in [-0.4, -0.2) is 13.7 Å². The van der Waals surface area contributed by atoms with E-state index in [4.69, 9.17) is 0 Å². The van der Waals surface area contributed by atoms with Crippen LogP contribution in [0.25, 0.3) is 149 Å². The molecule has 0 aliphatic carbocycles. The second-order valence-corrected chi connectivity index (χ2v) is 24.3. The third kappa shape index (κ3) is 8.48. The van der Waals surface area contributed by atoms with E-state index in [0.29, 0.717) is 11.8 Å². The molecule has 0 unspecified atom stereocenters. The zero-order chi connectivity index (χ0) is 56.9. The second-order valence-electron chi connectivity index (χ2n) is 24.3. The summed E-state index contributed by atoms with van der Waals surface area (Å²) < 4.78 is 7.38. The predicted octanol–water partition coefficient (Wildman–Crippen LogP) is 22.3. The van der Waals surface area contributed by atoms with Crippen LogP contribution in [0, 0.1) is 11.8 Å². The minimum absolute atomic E-state index is 0.582. The van der Waals surface area contributed by atoms with Gasteiger partial charge in [-0.1, -0.05) is 204 Å². The van der Waals surface area contributed by atoms with E-state index in [1.54, 1.807) is 0 Å². The summed E-state index contributed by atoms with van der Waals surface area (Å²) in [5.41, 5.74) is 23.2. The van der Waals surface area contributed by atoms with Crippen molar-refractivity contribution in [3.05, 3.63) is 284 Å². The van der Waals surface area contributed by atoms with Crippen molar-refractivity contribution in [2.24, 2.45) is 11.8 Å². The van der Waals surface area contributed by atoms with Gasteiger partial charge >= 0.3 is 0 Å². The lowest BCUT2D eigenvalue weighted by Crippen LogP contribution is -1.98. The highest BCUT2D eigenvalue weighted by Crippen LogP contribution is 2.46. The lowest BCUT2D eigenvalue weighted by molar-refractivity contribution is 0.647. The van der Waals surface area contributed by atoms with Gasteiger partial charge in [0.2, 0.25) is 0 Å². The molecule has 0 N–H and O–H groups in total. The molecule has 0 aliphatic rings. The average Bonchev–Trinajstić information content (AvgIpc) is 2.65. The Hall–Kier alpha value is -10.2. The minimum atomic E-state index is 0.582. The fraction of sp³-hybridized carbons (Fsp3) is 0.0976. The summed E-state index contributed by atoms with van der Waals surface area (Å²) in [7, 11) is 0. The molecule has 0 aliphatic heterocycles. The van der Waals surface area contributed by atoms with Gasteiger partial charge in [-0.2, -0.15) is 0 Å². The molecule has 16 rings (SSSR count). The van der Waals surface area contributed by atoms with E-state index in [-0.39, 0.29) is 0 Å². The van der Waals surface area contributed by atoms with E-state index in [0.717, 1.165) is 18.5 Å². The molecule has 0 atom stereocenters. The summed E-state index contributed by atoms with van der Waals surface area (Å²) in [5.74, 6) is 1.16. The van der Waals surface area contributed by atoms with E-state index in [1.807, 2.05) is 0 Å². The van der Waals surface area contributed by atoms with Crippen LogP contribution in [0.2, 0.25) is 0 Å². The maximum absolute atomic E-state index is 2.48. The topological polar surface area (TPSA) is 14.8 Å². The van der Waals surface area contributed by atoms with Crippen molar-refractivity contribution < 1.29 is 0 Å². The van der Waals surface area contributed by atoms with Crippen LogP contribution in [0.4, 0.5) is 0 Å². The Bertz CT molecular complexity index is 5010. The van der Waals surface area contributed by atoms with Crippen molar-refractivity contribution in [1.29, 1.82) is 0 Å². The Morgan fingerprint density at radius 1 is 0.224 bits per heavy atom. The molecular formula is C82H63N3. The number of nitrogens with zero attached hydrogens (tertiary/aromatic N) is 3. The number of aromatic nitrogens is 3. The van der Waals surface area contributed by atoms with Gasteiger partial charge < -0.3 is 13.7 Å². The molecule has 0 spiro atoms. The summed E-state index contributed by atoms with van der Waals surface area (Å²) >= 11 is 0. The van der Waals surface area contributed by atoms with Crippen LogP contribution >= 0.6 is 0 Å². The Balaban J connectivity index is 0.865. The second kappa shape index (κ2) is 20.3. The molecule has 0 amide bonds. The van der Waals surface area contributed by atoms with Gasteiger partial charge in [0.15, 0.2) is 0 Å². The Labute approximate surface area is 495 Å². The molecule has 3 heterocycles. The number of benzene rings is 13. The molecule has 0 radical (unpaired) electrons. The van der Waals surface area contributed by atoms with E-state index < -0.39 is 0 Å². The zero-order valence-corrected chi connectivity index (χ0v) is 48.4. The molecule has 0 saturated carbocycles. The minimum Gasteiger partial charge on any atom is -0.309 e. The molecular weight excluding hydrogens is 1030 g/mol. The van der Waals surface area contributed by atoms with Gasteiger partial charge in [-0.25, -0.2) is 0 Å². The molecule has 406 valence electrons. The van der Waals surface area contributed by atoms with Gasteiger partial charge in [0, 0.05) is 49.4 Å². The Morgan fingerprint density at radius 3 is 0.918 bits per heavy atom. The standard InChI is InChI=1S/C82H63N3/c1-52(2)44-54-18-16-22-63(46-54)84-75-30-14-12-24-65(75)71-48-58(34-40-77(71)84)60-36-42-79-73(50-60)74-51-61(59-35-41-78-72(49-59)66-25-13-15-31-76(66)85(78)64-23-17-19-55(47-64)45-53(3)4)37-43-80(74)83(79)62-38-32-57(33-39-62)82-69-28-10-8-26-67(69)81(56-20-6-5-7-21-56)68-27-9-11-29-70(68)82/h5-43,46-53H,44-45H2,1-4H3. The molecule has 3 nitrogen and oxygen atoms in total. The number of fused-ring (bicyclic) bond motifs is 11. The number of hydrogen-bond donors (Lipinski definition) is 0.